The standard InChI is InChI=1S/2C17H20N4O.C15H17ClN2O.C15H17FN2O.C15H18N2O.C13H14ClN3O2/c1-20-16-15(12-7-3-4-8-13(12)17(22)18-16)14(19-20)11-21-9-5-2-6-10-21;1-20-16-15(12-6-2-3-7-13(12)17(22)18-16)14(19-20)8-11-21-9-4-5-10-21;2*1-10-14(9-18-6-2-3-7-18)12-5-4-11(16)8-13(12)15(19)17-10;1-11-14(10-17-8-4-5-9-17)12-6-2-3-7-13(12)15(18)16-11;1-17(2)6-10(18)11-9-5-7(14)3-4-8(9)13(19)16-12(11)15/h3-4,7-8H,2,5-6,9-11H2,1H3,(H,18,22);2-3,6-7H,4-5,8-11H2,1H3,(H,18,22);2*4-5,8H,2-3,6-7,9H2,1H3,(H,17,19);2-3,6-7H,4-5,8-10H2,1H3,(H,16,18);3-5H,6H2,1-2H3,(H3,15,16,19). The topological polar surface area (TPSA) is 295 Å². The first-order valence-electron chi connectivity index (χ1n) is 41.5. The van der Waals surface area contributed by atoms with E-state index in [-0.39, 0.29) is 57.3 Å². The normalized spacial score (nSPS) is 15.5. The zero-order valence-electron chi connectivity index (χ0n) is 69.0. The van der Waals surface area contributed by atoms with Crippen LogP contribution in [0.4, 0.5) is 10.2 Å². The smallest absolute Gasteiger partial charge is 0.257 e. The van der Waals surface area contributed by atoms with E-state index in [2.05, 4.69) is 70.7 Å². The van der Waals surface area contributed by atoms with E-state index in [0.29, 0.717) is 37.2 Å². The molecule has 13 heterocycles. The first-order chi connectivity index (χ1) is 57.4. The Kier molecular flexibility index (Phi) is 27.1. The number of hydrogen-bond donors (Lipinski definition) is 7. The van der Waals surface area contributed by atoms with Gasteiger partial charge in [0.25, 0.3) is 33.4 Å². The van der Waals surface area contributed by atoms with Crippen LogP contribution in [0.25, 0.3) is 86.7 Å². The molecular weight excluding hydrogens is 1550 g/mol. The molecule has 0 saturated carbocycles. The summed E-state index contributed by atoms with van der Waals surface area (Å²) in [5.74, 6) is -0.452. The highest BCUT2D eigenvalue weighted by atomic mass is 35.5. The van der Waals surface area contributed by atoms with Gasteiger partial charge in [0.2, 0.25) is 0 Å². The number of rotatable bonds is 14. The number of fused-ring (bicyclic) bond motifs is 10. The monoisotopic (exact) mass is 1650 g/mol. The van der Waals surface area contributed by atoms with Gasteiger partial charge in [-0.3, -0.25) is 62.5 Å². The van der Waals surface area contributed by atoms with Gasteiger partial charge in [0.1, 0.15) is 22.9 Å². The lowest BCUT2D eigenvalue weighted by atomic mass is 10.0. The number of nitrogens with zero attached hydrogens (tertiary/aromatic N) is 10. The number of likely N-dealkylation sites (tertiary alicyclic amines) is 5. The molecule has 119 heavy (non-hydrogen) atoms. The van der Waals surface area contributed by atoms with Crippen molar-refractivity contribution in [1.29, 1.82) is 0 Å². The predicted molar refractivity (Wildman–Crippen MR) is 479 cm³/mol. The molecule has 27 heteroatoms. The van der Waals surface area contributed by atoms with E-state index >= 15 is 0 Å². The van der Waals surface area contributed by atoms with E-state index in [1.807, 2.05) is 114 Å². The van der Waals surface area contributed by atoms with Gasteiger partial charge in [0.15, 0.2) is 5.78 Å². The summed E-state index contributed by atoms with van der Waals surface area (Å²) < 4.78 is 16.9. The van der Waals surface area contributed by atoms with Crippen LogP contribution in [0.15, 0.2) is 156 Å². The average molecular weight is 1650 g/mol. The number of aryl methyl sites for hydroxylation is 5. The fraction of sp³-hybridized carbons (Fsp3) is 0.380. The number of aromatic amines is 6. The summed E-state index contributed by atoms with van der Waals surface area (Å²) in [6.45, 7) is 22.2. The fourth-order valence-corrected chi connectivity index (χ4v) is 17.9. The molecule has 5 aliphatic rings. The minimum Gasteiger partial charge on any atom is -0.385 e. The van der Waals surface area contributed by atoms with Gasteiger partial charge in [-0.2, -0.15) is 10.2 Å². The third-order valence-corrected chi connectivity index (χ3v) is 24.1. The number of H-pyrrole nitrogens is 6. The molecule has 5 aliphatic heterocycles. The Morgan fingerprint density at radius 1 is 0.403 bits per heavy atom. The van der Waals surface area contributed by atoms with E-state index < -0.39 is 0 Å². The summed E-state index contributed by atoms with van der Waals surface area (Å²) in [5.41, 5.74) is 15.7. The molecule has 8 aromatic heterocycles. The molecule has 8 N–H and O–H groups in total. The van der Waals surface area contributed by atoms with Crippen LogP contribution in [0.1, 0.15) is 126 Å². The number of piperidine rings is 1. The molecule has 0 radical (unpaired) electrons. The summed E-state index contributed by atoms with van der Waals surface area (Å²) in [7, 11) is 7.36. The Balaban J connectivity index is 0.000000117. The maximum absolute atomic E-state index is 13.3. The SMILES string of the molecule is CN(C)CC(=O)c1c(N)[nH]c(=O)c2ccc(Cl)cc12.Cc1[nH]c(=O)c2cc(Cl)ccc2c1CN1CCCC1.Cc1[nH]c(=O)c2cc(F)ccc2c1CN1CCCC1.Cc1[nH]c(=O)c2ccccc2c1CN1CCCC1.Cn1nc(CCN2CCCC2)c2c3ccccc3c(=O)[nH]c21.Cn1nc(CN2CCCCC2)c2c3ccccc3c(=O)[nH]c21. The van der Waals surface area contributed by atoms with Gasteiger partial charge in [-0.25, -0.2) is 4.39 Å². The number of aromatic nitrogens is 10. The Morgan fingerprint density at radius 3 is 1.21 bits per heavy atom. The number of nitrogen functional groups attached to an aromatic ring is 1. The number of pyridine rings is 6. The average Bonchev–Trinajstić information content (AvgIpc) is 1.63. The lowest BCUT2D eigenvalue weighted by molar-refractivity contribution is 0.0960. The molecule has 0 bridgehead atoms. The number of Topliss-reactive ketones (excluding diaryl/α,β-unsaturated/α-hetero) is 1. The van der Waals surface area contributed by atoms with E-state index in [1.54, 1.807) is 58.7 Å². The number of carbonyl (C=O) groups is 1. The Labute approximate surface area is 698 Å². The van der Waals surface area contributed by atoms with Crippen molar-refractivity contribution in [3.8, 4) is 0 Å². The number of benzene rings is 6. The first-order valence-corrected chi connectivity index (χ1v) is 42.3. The van der Waals surface area contributed by atoms with Crippen LogP contribution >= 0.6 is 23.2 Å². The van der Waals surface area contributed by atoms with E-state index in [9.17, 15) is 38.0 Å². The Morgan fingerprint density at radius 2 is 0.739 bits per heavy atom. The highest BCUT2D eigenvalue weighted by Crippen LogP contribution is 2.31. The maximum atomic E-state index is 13.3. The van der Waals surface area contributed by atoms with Gasteiger partial charge in [-0.1, -0.05) is 96.4 Å². The van der Waals surface area contributed by atoms with Crippen molar-refractivity contribution in [3.05, 3.63) is 256 Å². The van der Waals surface area contributed by atoms with Crippen molar-refractivity contribution < 1.29 is 9.18 Å². The van der Waals surface area contributed by atoms with Crippen LogP contribution in [0.2, 0.25) is 10.0 Å². The lowest BCUT2D eigenvalue weighted by Gasteiger charge is -2.25. The zero-order chi connectivity index (χ0) is 83.7. The van der Waals surface area contributed by atoms with Crippen molar-refractivity contribution in [2.75, 3.05) is 98.4 Å². The minimum absolute atomic E-state index is 0.0215. The van der Waals surface area contributed by atoms with Crippen LogP contribution in [-0.4, -0.2) is 177 Å². The molecule has 0 aliphatic carbocycles. The second kappa shape index (κ2) is 38.1. The summed E-state index contributed by atoms with van der Waals surface area (Å²) in [6, 6.07) is 38.3. The van der Waals surface area contributed by atoms with Crippen LogP contribution < -0.4 is 39.1 Å². The molecule has 0 atom stereocenters. The molecule has 19 rings (SSSR count). The van der Waals surface area contributed by atoms with Gasteiger partial charge in [-0.05, 0) is 258 Å². The largest absolute Gasteiger partial charge is 0.385 e. The molecule has 6 aromatic carbocycles. The number of hydrogen-bond acceptors (Lipinski definition) is 16. The number of nitrogens with one attached hydrogen (secondary N) is 6. The molecule has 0 spiro atoms. The van der Waals surface area contributed by atoms with Crippen molar-refractivity contribution in [2.24, 2.45) is 14.1 Å². The van der Waals surface area contributed by atoms with E-state index in [4.69, 9.17) is 28.9 Å². The van der Waals surface area contributed by atoms with Crippen LogP contribution in [-0.2, 0) is 46.7 Å². The van der Waals surface area contributed by atoms with Gasteiger partial charge >= 0.3 is 0 Å². The molecule has 5 fully saturated rings. The first kappa shape index (κ1) is 84.7. The highest BCUT2D eigenvalue weighted by molar-refractivity contribution is 6.32. The predicted octanol–water partition coefficient (Wildman–Crippen LogP) is 14.1. The van der Waals surface area contributed by atoms with Crippen molar-refractivity contribution in [2.45, 2.75) is 124 Å². The summed E-state index contributed by atoms with van der Waals surface area (Å²) in [6.07, 6.45) is 15.0. The second-order valence-corrected chi connectivity index (χ2v) is 33.2. The van der Waals surface area contributed by atoms with Crippen molar-refractivity contribution >= 4 is 122 Å². The zero-order valence-corrected chi connectivity index (χ0v) is 70.5. The van der Waals surface area contributed by atoms with Crippen LogP contribution in [0.3, 0.4) is 0 Å². The molecule has 0 amide bonds. The molecule has 14 aromatic rings. The Hall–Kier alpha value is -10.7. The Bertz CT molecular complexity index is 6330. The number of ketones is 1. The fourth-order valence-electron chi connectivity index (χ4n) is 17.6. The molecule has 0 unspecified atom stereocenters. The third-order valence-electron chi connectivity index (χ3n) is 23.6. The quantitative estimate of drug-likeness (QED) is 0.0498. The number of anilines is 1. The van der Waals surface area contributed by atoms with Crippen molar-refractivity contribution in [3.63, 3.8) is 0 Å². The maximum Gasteiger partial charge on any atom is 0.257 e. The number of likely N-dealkylation sites (N-methyl/N-ethyl adjacent to an activating group) is 1. The van der Waals surface area contributed by atoms with Gasteiger partial charge in [-0.15, -0.1) is 0 Å². The lowest BCUT2D eigenvalue weighted by Crippen LogP contribution is -2.29. The van der Waals surface area contributed by atoms with Crippen LogP contribution in [0.5, 0.6) is 0 Å². The number of nitrogens with two attached hydrogens (primary N) is 1. The van der Waals surface area contributed by atoms with Gasteiger partial charge < -0.3 is 45.4 Å². The molecular formula is C92H106Cl2FN17O7. The minimum atomic E-state index is -0.367. The van der Waals surface area contributed by atoms with E-state index in [0.717, 1.165) is 178 Å². The van der Waals surface area contributed by atoms with Gasteiger partial charge in [0, 0.05) is 134 Å². The number of carbonyl (C=O) groups excluding carboxylic acids is 1. The van der Waals surface area contributed by atoms with E-state index in [1.165, 1.54) is 120 Å². The summed E-state index contributed by atoms with van der Waals surface area (Å²) in [5, 5.41) is 21.9. The molecule has 5 saturated heterocycles. The molecule has 622 valence electrons. The van der Waals surface area contributed by atoms with Crippen LogP contribution in [0, 0.1) is 26.6 Å². The second-order valence-electron chi connectivity index (χ2n) is 32.4. The third kappa shape index (κ3) is 19.6. The van der Waals surface area contributed by atoms with Crippen molar-refractivity contribution in [1.82, 2.24) is 78.9 Å². The summed E-state index contributed by atoms with van der Waals surface area (Å²) in [4.78, 5) is 116. The highest BCUT2D eigenvalue weighted by Gasteiger charge is 2.25. The summed E-state index contributed by atoms with van der Waals surface area (Å²) >= 11 is 11.9. The molecule has 24 nitrogen and oxygen atoms in total. The van der Waals surface area contributed by atoms with Gasteiger partial charge in [0.05, 0.1) is 28.9 Å². The number of halogens is 3.